The molecule has 3 rings (SSSR count). The minimum absolute atomic E-state index is 0.573. The number of nitrogens with zero attached hydrogens (tertiary/aromatic N) is 2. The van der Waals surface area contributed by atoms with E-state index in [0.29, 0.717) is 11.1 Å². The summed E-state index contributed by atoms with van der Waals surface area (Å²) in [5.74, 6) is 0. The quantitative estimate of drug-likeness (QED) is 0.679. The van der Waals surface area contributed by atoms with E-state index in [1.807, 2.05) is 60.7 Å². The summed E-state index contributed by atoms with van der Waals surface area (Å²) in [6.07, 6.45) is 0. The van der Waals surface area contributed by atoms with Crippen LogP contribution in [0.3, 0.4) is 0 Å². The van der Waals surface area contributed by atoms with E-state index in [2.05, 4.69) is 12.1 Å². The molecule has 0 aromatic heterocycles. The molecule has 102 valence electrons. The summed E-state index contributed by atoms with van der Waals surface area (Å²) in [5.41, 5.74) is 4.65. The van der Waals surface area contributed by atoms with Crippen LogP contribution in [0.2, 0.25) is 0 Å². The summed E-state index contributed by atoms with van der Waals surface area (Å²) in [6, 6.07) is 27.4. The molecule has 2 nitrogen and oxygen atoms in total. The van der Waals surface area contributed by atoms with Gasteiger partial charge < -0.3 is 0 Å². The Labute approximate surface area is 129 Å². The maximum absolute atomic E-state index is 9.48. The van der Waals surface area contributed by atoms with E-state index < -0.39 is 0 Å². The van der Waals surface area contributed by atoms with Gasteiger partial charge in [-0.05, 0) is 23.3 Å². The molecule has 0 aliphatic heterocycles. The second kappa shape index (κ2) is 5.95. The van der Waals surface area contributed by atoms with Crippen molar-refractivity contribution in [3.05, 3.63) is 83.9 Å². The molecular weight excluding hydrogens is 268 g/mol. The maximum Gasteiger partial charge on any atom is 0.0998 e. The lowest BCUT2D eigenvalue weighted by atomic mass is 9.87. The van der Waals surface area contributed by atoms with Gasteiger partial charge in [-0.2, -0.15) is 10.5 Å². The van der Waals surface area contributed by atoms with Gasteiger partial charge in [0.25, 0.3) is 0 Å². The molecule has 0 aliphatic rings. The van der Waals surface area contributed by atoms with Crippen molar-refractivity contribution in [2.75, 3.05) is 0 Å². The van der Waals surface area contributed by atoms with Gasteiger partial charge in [-0.1, -0.05) is 60.7 Å². The van der Waals surface area contributed by atoms with Gasteiger partial charge in [0.1, 0.15) is 0 Å². The van der Waals surface area contributed by atoms with Crippen LogP contribution in [-0.2, 0) is 0 Å². The van der Waals surface area contributed by atoms with Crippen molar-refractivity contribution in [2.45, 2.75) is 0 Å². The largest absolute Gasteiger partial charge is 0.192 e. The molecule has 0 unspecified atom stereocenters. The van der Waals surface area contributed by atoms with E-state index in [4.69, 9.17) is 0 Å². The van der Waals surface area contributed by atoms with E-state index in [0.717, 1.165) is 22.3 Å². The van der Waals surface area contributed by atoms with Crippen LogP contribution in [0.5, 0.6) is 0 Å². The van der Waals surface area contributed by atoms with Crippen molar-refractivity contribution >= 4 is 0 Å². The van der Waals surface area contributed by atoms with Gasteiger partial charge in [0.15, 0.2) is 0 Å². The average Bonchev–Trinajstić information content (AvgIpc) is 2.61. The van der Waals surface area contributed by atoms with E-state index in [1.165, 1.54) is 0 Å². The zero-order chi connectivity index (χ0) is 15.4. The SMILES string of the molecule is N#Cc1ccc(C#N)c(-c2ccccc2)c1-c1ccccc1. The third kappa shape index (κ3) is 2.35. The van der Waals surface area contributed by atoms with Crippen LogP contribution in [0.15, 0.2) is 72.8 Å². The number of hydrogen-bond donors (Lipinski definition) is 0. The fourth-order valence-corrected chi connectivity index (χ4v) is 2.60. The summed E-state index contributed by atoms with van der Waals surface area (Å²) in [5, 5.41) is 19.0. The standard InChI is InChI=1S/C20H12N2/c21-13-17-11-12-18(14-22)20(16-9-5-2-6-10-16)19(17)15-7-3-1-4-8-15/h1-12H. The Bertz CT molecular complexity index is 806. The van der Waals surface area contributed by atoms with Crippen LogP contribution in [-0.4, -0.2) is 0 Å². The molecule has 0 atom stereocenters. The first-order chi connectivity index (χ1) is 10.8. The van der Waals surface area contributed by atoms with Crippen LogP contribution in [0.1, 0.15) is 11.1 Å². The van der Waals surface area contributed by atoms with Gasteiger partial charge in [0.05, 0.1) is 23.3 Å². The van der Waals surface area contributed by atoms with E-state index in [9.17, 15) is 10.5 Å². The fraction of sp³-hybridized carbons (Fsp3) is 0. The molecule has 3 aromatic rings. The minimum Gasteiger partial charge on any atom is -0.192 e. The highest BCUT2D eigenvalue weighted by Gasteiger charge is 2.16. The Hall–Kier alpha value is -3.36. The van der Waals surface area contributed by atoms with Crippen LogP contribution in [0, 0.1) is 22.7 Å². The van der Waals surface area contributed by atoms with Crippen molar-refractivity contribution in [3.63, 3.8) is 0 Å². The summed E-state index contributed by atoms with van der Waals surface area (Å²) in [4.78, 5) is 0. The lowest BCUT2D eigenvalue weighted by molar-refractivity contribution is 1.44. The molecule has 0 fully saturated rings. The van der Waals surface area contributed by atoms with Crippen molar-refractivity contribution in [2.24, 2.45) is 0 Å². The molecule has 0 saturated carbocycles. The molecule has 0 saturated heterocycles. The lowest BCUT2D eigenvalue weighted by Crippen LogP contribution is -1.94. The number of benzene rings is 3. The number of nitriles is 2. The van der Waals surface area contributed by atoms with E-state index in [1.54, 1.807) is 12.1 Å². The van der Waals surface area contributed by atoms with Gasteiger partial charge in [0.2, 0.25) is 0 Å². The molecule has 2 heteroatoms. The molecule has 0 aliphatic carbocycles. The van der Waals surface area contributed by atoms with Crippen molar-refractivity contribution in [3.8, 4) is 34.4 Å². The zero-order valence-corrected chi connectivity index (χ0v) is 11.8. The summed E-state index contributed by atoms with van der Waals surface area (Å²) >= 11 is 0. The van der Waals surface area contributed by atoms with Crippen LogP contribution in [0.25, 0.3) is 22.3 Å². The van der Waals surface area contributed by atoms with Crippen molar-refractivity contribution in [1.29, 1.82) is 10.5 Å². The molecule has 0 N–H and O–H groups in total. The molecule has 0 spiro atoms. The summed E-state index contributed by atoms with van der Waals surface area (Å²) in [6.45, 7) is 0. The molecule has 22 heavy (non-hydrogen) atoms. The molecule has 0 heterocycles. The molecule has 3 aromatic carbocycles. The summed E-state index contributed by atoms with van der Waals surface area (Å²) in [7, 11) is 0. The topological polar surface area (TPSA) is 47.6 Å². The van der Waals surface area contributed by atoms with Gasteiger partial charge in [-0.15, -0.1) is 0 Å². The first-order valence-corrected chi connectivity index (χ1v) is 6.93. The van der Waals surface area contributed by atoms with Gasteiger partial charge in [-0.25, -0.2) is 0 Å². The van der Waals surface area contributed by atoms with Crippen molar-refractivity contribution in [1.82, 2.24) is 0 Å². The van der Waals surface area contributed by atoms with E-state index >= 15 is 0 Å². The highest BCUT2D eigenvalue weighted by atomic mass is 14.3. The Morgan fingerprint density at radius 1 is 0.500 bits per heavy atom. The predicted molar refractivity (Wildman–Crippen MR) is 86.7 cm³/mol. The zero-order valence-electron chi connectivity index (χ0n) is 11.8. The second-order valence-electron chi connectivity index (χ2n) is 4.87. The third-order valence-corrected chi connectivity index (χ3v) is 3.57. The first-order valence-electron chi connectivity index (χ1n) is 6.93. The van der Waals surface area contributed by atoms with Crippen LogP contribution in [0.4, 0.5) is 0 Å². The van der Waals surface area contributed by atoms with Crippen molar-refractivity contribution < 1.29 is 0 Å². The number of rotatable bonds is 2. The Kier molecular flexibility index (Phi) is 3.69. The fourth-order valence-electron chi connectivity index (χ4n) is 2.60. The van der Waals surface area contributed by atoms with E-state index in [-0.39, 0.29) is 0 Å². The molecule has 0 radical (unpaired) electrons. The van der Waals surface area contributed by atoms with Gasteiger partial charge in [-0.3, -0.25) is 0 Å². The highest BCUT2D eigenvalue weighted by molar-refractivity contribution is 5.90. The van der Waals surface area contributed by atoms with Gasteiger partial charge >= 0.3 is 0 Å². The minimum atomic E-state index is 0.573. The average molecular weight is 280 g/mol. The smallest absolute Gasteiger partial charge is 0.0998 e. The highest BCUT2D eigenvalue weighted by Crippen LogP contribution is 2.37. The van der Waals surface area contributed by atoms with Crippen LogP contribution >= 0.6 is 0 Å². The normalized spacial score (nSPS) is 9.73. The third-order valence-electron chi connectivity index (χ3n) is 3.57. The molecule has 0 amide bonds. The molecular formula is C20H12N2. The Morgan fingerprint density at radius 2 is 0.864 bits per heavy atom. The summed E-state index contributed by atoms with van der Waals surface area (Å²) < 4.78 is 0. The lowest BCUT2D eigenvalue weighted by Gasteiger charge is -2.14. The van der Waals surface area contributed by atoms with Gasteiger partial charge in [0, 0.05) is 11.1 Å². The maximum atomic E-state index is 9.48. The second-order valence-corrected chi connectivity index (χ2v) is 4.87. The van der Waals surface area contributed by atoms with Crippen LogP contribution < -0.4 is 0 Å². The Morgan fingerprint density at radius 3 is 1.18 bits per heavy atom. The molecule has 0 bridgehead atoms. The monoisotopic (exact) mass is 280 g/mol. The Balaban J connectivity index is 2.41. The number of hydrogen-bond acceptors (Lipinski definition) is 2. The predicted octanol–water partition coefficient (Wildman–Crippen LogP) is 4.76. The first kappa shape index (κ1) is 13.6.